The van der Waals surface area contributed by atoms with Gasteiger partial charge in [-0.05, 0) is 13.0 Å². The van der Waals surface area contributed by atoms with Crippen molar-refractivity contribution in [2.75, 3.05) is 19.6 Å². The maximum Gasteiger partial charge on any atom is 0.257 e. The lowest BCUT2D eigenvalue weighted by atomic mass is 10.1. The molecule has 1 aromatic heterocycles. The van der Waals surface area contributed by atoms with E-state index in [9.17, 15) is 4.79 Å². The predicted molar refractivity (Wildman–Crippen MR) is 61.5 cm³/mol. The monoisotopic (exact) mass is 222 g/mol. The van der Waals surface area contributed by atoms with Crippen molar-refractivity contribution >= 4 is 5.91 Å². The molecule has 0 bridgehead atoms. The minimum atomic E-state index is 0.0963. The maximum absolute atomic E-state index is 12.2. The lowest BCUT2D eigenvalue weighted by Gasteiger charge is -2.31. The summed E-state index contributed by atoms with van der Waals surface area (Å²) >= 11 is 0. The van der Waals surface area contributed by atoms with Gasteiger partial charge in [-0.2, -0.15) is 0 Å². The highest BCUT2D eigenvalue weighted by molar-refractivity contribution is 5.95. The van der Waals surface area contributed by atoms with Crippen molar-refractivity contribution in [2.45, 2.75) is 26.3 Å². The number of hydrogen-bond acceptors (Lipinski definition) is 3. The molecule has 0 spiro atoms. The van der Waals surface area contributed by atoms with Gasteiger partial charge in [0, 0.05) is 32.1 Å². The summed E-state index contributed by atoms with van der Waals surface area (Å²) in [7, 11) is 0. The summed E-state index contributed by atoms with van der Waals surface area (Å²) in [6, 6.07) is 2.14. The number of carbonyl (C=O) groups excluding carboxylic acids is 1. The van der Waals surface area contributed by atoms with E-state index in [1.165, 1.54) is 0 Å². The molecule has 1 N–H and O–H groups in total. The topological polar surface area (TPSA) is 45.5 Å². The minimum Gasteiger partial charge on any atom is -0.469 e. The average Bonchev–Trinajstić information content (AvgIpc) is 2.76. The molecule has 2 rings (SSSR count). The van der Waals surface area contributed by atoms with Crippen LogP contribution in [0.3, 0.4) is 0 Å². The summed E-state index contributed by atoms with van der Waals surface area (Å²) in [5.41, 5.74) is 0.719. The molecule has 4 nitrogen and oxygen atoms in total. The molecule has 1 amide bonds. The summed E-state index contributed by atoms with van der Waals surface area (Å²) in [6.45, 7) is 6.50. The van der Waals surface area contributed by atoms with Gasteiger partial charge in [0.2, 0.25) is 0 Å². The molecule has 1 aliphatic heterocycles. The van der Waals surface area contributed by atoms with Gasteiger partial charge in [0.25, 0.3) is 5.91 Å². The Hall–Kier alpha value is -1.29. The second-order valence-corrected chi connectivity index (χ2v) is 4.22. The van der Waals surface area contributed by atoms with Crippen molar-refractivity contribution in [2.24, 2.45) is 0 Å². The molecule has 88 valence electrons. The fraction of sp³-hybridized carbons (Fsp3) is 0.583. The summed E-state index contributed by atoms with van der Waals surface area (Å²) in [6.07, 6.45) is 2.35. The molecule has 1 fully saturated rings. The second-order valence-electron chi connectivity index (χ2n) is 4.22. The van der Waals surface area contributed by atoms with E-state index in [4.69, 9.17) is 4.42 Å². The summed E-state index contributed by atoms with van der Waals surface area (Å²) < 4.78 is 5.29. The van der Waals surface area contributed by atoms with E-state index >= 15 is 0 Å². The number of amides is 1. The molecule has 16 heavy (non-hydrogen) atoms. The van der Waals surface area contributed by atoms with Crippen LogP contribution in [0.4, 0.5) is 0 Å². The van der Waals surface area contributed by atoms with Crippen LogP contribution < -0.4 is 5.32 Å². The van der Waals surface area contributed by atoms with Crippen molar-refractivity contribution in [3.63, 3.8) is 0 Å². The molecule has 0 aromatic carbocycles. The van der Waals surface area contributed by atoms with Gasteiger partial charge in [0.05, 0.1) is 11.8 Å². The zero-order chi connectivity index (χ0) is 11.5. The highest BCUT2D eigenvalue weighted by Crippen LogP contribution is 2.15. The van der Waals surface area contributed by atoms with Gasteiger partial charge in [0.15, 0.2) is 0 Å². The van der Waals surface area contributed by atoms with Crippen LogP contribution >= 0.6 is 0 Å². The standard InChI is InChI=1S/C12H18N2O2/c1-3-11-10(4-7-16-11)12(15)14-6-5-13-9(2)8-14/h4,7,9,13H,3,5-6,8H2,1-2H3/t9-/m1/s1. The van der Waals surface area contributed by atoms with Crippen LogP contribution in [0.1, 0.15) is 30.0 Å². The Morgan fingerprint density at radius 1 is 1.69 bits per heavy atom. The molecular weight excluding hydrogens is 204 g/mol. The van der Waals surface area contributed by atoms with Gasteiger partial charge in [-0.3, -0.25) is 4.79 Å². The van der Waals surface area contributed by atoms with Crippen molar-refractivity contribution in [3.05, 3.63) is 23.7 Å². The van der Waals surface area contributed by atoms with Crippen LogP contribution in [0.5, 0.6) is 0 Å². The largest absolute Gasteiger partial charge is 0.469 e. The van der Waals surface area contributed by atoms with Crippen LogP contribution in [0.2, 0.25) is 0 Å². The quantitative estimate of drug-likeness (QED) is 0.819. The molecule has 1 aliphatic rings. The van der Waals surface area contributed by atoms with Gasteiger partial charge in [-0.15, -0.1) is 0 Å². The van der Waals surface area contributed by atoms with Gasteiger partial charge in [0.1, 0.15) is 5.76 Å². The normalized spacial score (nSPS) is 21.1. The number of rotatable bonds is 2. The molecule has 0 saturated carbocycles. The van der Waals surface area contributed by atoms with Crippen molar-refractivity contribution in [1.82, 2.24) is 10.2 Å². The van der Waals surface area contributed by atoms with Crippen LogP contribution in [-0.2, 0) is 6.42 Å². The van der Waals surface area contributed by atoms with E-state index in [2.05, 4.69) is 12.2 Å². The zero-order valence-electron chi connectivity index (χ0n) is 9.82. The number of aryl methyl sites for hydroxylation is 1. The van der Waals surface area contributed by atoms with Gasteiger partial charge in [-0.25, -0.2) is 0 Å². The number of piperazine rings is 1. The van der Waals surface area contributed by atoms with Crippen LogP contribution in [-0.4, -0.2) is 36.5 Å². The predicted octanol–water partition coefficient (Wildman–Crippen LogP) is 1.28. The van der Waals surface area contributed by atoms with E-state index in [1.807, 2.05) is 11.8 Å². The number of carbonyl (C=O) groups is 1. The van der Waals surface area contributed by atoms with Gasteiger partial charge < -0.3 is 14.6 Å². The van der Waals surface area contributed by atoms with Crippen molar-refractivity contribution < 1.29 is 9.21 Å². The molecule has 0 unspecified atom stereocenters. The molecule has 1 aromatic rings. The van der Waals surface area contributed by atoms with Crippen LogP contribution in [0, 0.1) is 0 Å². The first-order valence-electron chi connectivity index (χ1n) is 5.81. The number of nitrogens with one attached hydrogen (secondary N) is 1. The van der Waals surface area contributed by atoms with E-state index in [0.717, 1.165) is 37.4 Å². The molecule has 0 aliphatic carbocycles. The van der Waals surface area contributed by atoms with Crippen molar-refractivity contribution in [1.29, 1.82) is 0 Å². The summed E-state index contributed by atoms with van der Waals surface area (Å²) in [4.78, 5) is 14.1. The number of hydrogen-bond donors (Lipinski definition) is 1. The van der Waals surface area contributed by atoms with E-state index < -0.39 is 0 Å². The van der Waals surface area contributed by atoms with E-state index in [1.54, 1.807) is 12.3 Å². The second kappa shape index (κ2) is 4.70. The first-order chi connectivity index (χ1) is 7.72. The van der Waals surface area contributed by atoms with Crippen LogP contribution in [0.25, 0.3) is 0 Å². The Morgan fingerprint density at radius 3 is 3.19 bits per heavy atom. The Morgan fingerprint density at radius 2 is 2.50 bits per heavy atom. The molecule has 1 saturated heterocycles. The van der Waals surface area contributed by atoms with Gasteiger partial charge in [-0.1, -0.05) is 6.92 Å². The number of nitrogens with zero attached hydrogens (tertiary/aromatic N) is 1. The third-order valence-corrected chi connectivity index (χ3v) is 2.95. The minimum absolute atomic E-state index is 0.0963. The molecule has 1 atom stereocenters. The smallest absolute Gasteiger partial charge is 0.257 e. The first-order valence-corrected chi connectivity index (χ1v) is 5.81. The van der Waals surface area contributed by atoms with E-state index in [0.29, 0.717) is 6.04 Å². The average molecular weight is 222 g/mol. The Kier molecular flexibility index (Phi) is 3.29. The maximum atomic E-state index is 12.2. The Labute approximate surface area is 95.6 Å². The molecule has 4 heteroatoms. The lowest BCUT2D eigenvalue weighted by molar-refractivity contribution is 0.0707. The molecule has 0 radical (unpaired) electrons. The van der Waals surface area contributed by atoms with Crippen molar-refractivity contribution in [3.8, 4) is 0 Å². The lowest BCUT2D eigenvalue weighted by Crippen LogP contribution is -2.51. The fourth-order valence-electron chi connectivity index (χ4n) is 2.09. The summed E-state index contributed by atoms with van der Waals surface area (Å²) in [5.74, 6) is 0.884. The highest BCUT2D eigenvalue weighted by Gasteiger charge is 2.24. The Bertz CT molecular complexity index is 373. The van der Waals surface area contributed by atoms with Crippen LogP contribution in [0.15, 0.2) is 16.7 Å². The Balaban J connectivity index is 2.12. The van der Waals surface area contributed by atoms with E-state index in [-0.39, 0.29) is 5.91 Å². The third kappa shape index (κ3) is 2.11. The molecule has 2 heterocycles. The van der Waals surface area contributed by atoms with Gasteiger partial charge >= 0.3 is 0 Å². The highest BCUT2D eigenvalue weighted by atomic mass is 16.3. The third-order valence-electron chi connectivity index (χ3n) is 2.95. The SMILES string of the molecule is CCc1occc1C(=O)N1CCN[C@H](C)C1. The zero-order valence-corrected chi connectivity index (χ0v) is 9.82. The molecular formula is C12H18N2O2. The fourth-order valence-corrected chi connectivity index (χ4v) is 2.09. The number of furan rings is 1. The first kappa shape index (κ1) is 11.2. The summed E-state index contributed by atoms with van der Waals surface area (Å²) in [5, 5.41) is 3.32.